The van der Waals surface area contributed by atoms with Gasteiger partial charge in [-0.15, -0.1) is 0 Å². The molecule has 0 atom stereocenters. The molecule has 42 heavy (non-hydrogen) atoms. The van der Waals surface area contributed by atoms with Crippen molar-refractivity contribution in [1.29, 1.82) is 0 Å². The van der Waals surface area contributed by atoms with E-state index in [0.717, 1.165) is 0 Å². The molecule has 7 aromatic carbocycles. The Labute approximate surface area is 245 Å². The fourth-order valence-corrected chi connectivity index (χ4v) is 7.61. The van der Waals surface area contributed by atoms with Crippen LogP contribution in [0, 0.1) is 0 Å². The molecule has 0 saturated carbocycles. The first-order valence-electron chi connectivity index (χ1n) is 14.8. The van der Waals surface area contributed by atoms with Gasteiger partial charge in [0.25, 0.3) is 0 Å². The van der Waals surface area contributed by atoms with Crippen LogP contribution in [0.2, 0.25) is 0 Å². The second-order valence-corrected chi connectivity index (χ2v) is 12.2. The summed E-state index contributed by atoms with van der Waals surface area (Å²) in [5, 5.41) is 7.86. The molecule has 0 bridgehead atoms. The fourth-order valence-electron chi connectivity index (χ4n) is 7.61. The maximum Gasteiger partial charge on any atom is 0.0619 e. The zero-order valence-electron chi connectivity index (χ0n) is 23.7. The summed E-state index contributed by atoms with van der Waals surface area (Å²) in [5.74, 6) is 0. The van der Waals surface area contributed by atoms with Gasteiger partial charge in [-0.3, -0.25) is 0 Å². The van der Waals surface area contributed by atoms with E-state index in [1.54, 1.807) is 0 Å². The Morgan fingerprint density at radius 1 is 0.500 bits per heavy atom. The molecule has 0 spiro atoms. The molecule has 0 amide bonds. The number of fused-ring (bicyclic) bond motifs is 8. The number of benzene rings is 7. The lowest BCUT2D eigenvalue weighted by Gasteiger charge is -2.35. The predicted octanol–water partition coefficient (Wildman–Crippen LogP) is 11.1. The lowest BCUT2D eigenvalue weighted by Crippen LogP contribution is -2.23. The SMILES string of the molecule is CC1(C)c2ccccc2-c2c3c1cccc3cc1c2c2ccc3ccccc3c2n1-c1cccc(-c2ccccc2)c1. The van der Waals surface area contributed by atoms with Crippen LogP contribution >= 0.6 is 0 Å². The minimum atomic E-state index is -0.0775. The molecular formula is C41H29N. The van der Waals surface area contributed by atoms with Gasteiger partial charge in [0.15, 0.2) is 0 Å². The summed E-state index contributed by atoms with van der Waals surface area (Å²) in [5.41, 5.74) is 11.6. The van der Waals surface area contributed by atoms with E-state index in [9.17, 15) is 0 Å². The monoisotopic (exact) mass is 535 g/mol. The second-order valence-electron chi connectivity index (χ2n) is 12.2. The van der Waals surface area contributed by atoms with Crippen molar-refractivity contribution in [3.05, 3.63) is 151 Å². The van der Waals surface area contributed by atoms with E-state index < -0.39 is 0 Å². The largest absolute Gasteiger partial charge is 0.309 e. The summed E-state index contributed by atoms with van der Waals surface area (Å²) in [6.45, 7) is 4.75. The highest BCUT2D eigenvalue weighted by atomic mass is 15.0. The van der Waals surface area contributed by atoms with Crippen molar-refractivity contribution in [2.75, 3.05) is 0 Å². The Morgan fingerprint density at radius 3 is 2.12 bits per heavy atom. The van der Waals surface area contributed by atoms with Crippen molar-refractivity contribution in [3.63, 3.8) is 0 Å². The molecule has 0 saturated heterocycles. The summed E-state index contributed by atoms with van der Waals surface area (Å²) in [6.07, 6.45) is 0. The second kappa shape index (κ2) is 8.44. The van der Waals surface area contributed by atoms with E-state index in [4.69, 9.17) is 0 Å². The number of nitrogens with zero attached hydrogens (tertiary/aromatic N) is 1. The fraction of sp³-hybridized carbons (Fsp3) is 0.0732. The third-order valence-corrected chi connectivity index (χ3v) is 9.53. The Hall–Kier alpha value is -5.14. The zero-order chi connectivity index (χ0) is 28.0. The van der Waals surface area contributed by atoms with Crippen LogP contribution in [-0.2, 0) is 5.41 Å². The molecule has 1 aliphatic rings. The van der Waals surface area contributed by atoms with Gasteiger partial charge in [0.05, 0.1) is 11.0 Å². The van der Waals surface area contributed by atoms with Crippen molar-refractivity contribution in [1.82, 2.24) is 4.57 Å². The van der Waals surface area contributed by atoms with Crippen LogP contribution in [0.1, 0.15) is 25.0 Å². The number of hydrogen-bond acceptors (Lipinski definition) is 0. The number of rotatable bonds is 2. The van der Waals surface area contributed by atoms with Crippen LogP contribution in [0.15, 0.2) is 140 Å². The van der Waals surface area contributed by atoms with E-state index in [1.165, 1.54) is 82.4 Å². The van der Waals surface area contributed by atoms with Crippen molar-refractivity contribution < 1.29 is 0 Å². The van der Waals surface area contributed by atoms with Gasteiger partial charge in [-0.1, -0.05) is 135 Å². The maximum absolute atomic E-state index is 2.52. The average molecular weight is 536 g/mol. The van der Waals surface area contributed by atoms with Crippen LogP contribution < -0.4 is 0 Å². The minimum Gasteiger partial charge on any atom is -0.309 e. The maximum atomic E-state index is 2.52. The molecule has 1 nitrogen and oxygen atoms in total. The van der Waals surface area contributed by atoms with E-state index in [-0.39, 0.29) is 5.41 Å². The van der Waals surface area contributed by atoms with Crippen molar-refractivity contribution in [2.45, 2.75) is 19.3 Å². The standard InChI is InChI=1S/C41H29N/c1-41(2)34-20-9-8-19-32(34)39-37-29(16-11-21-35(37)41)25-36-38(39)33-23-22-27-14-6-7-18-31(27)40(33)42(36)30-17-10-15-28(24-30)26-12-4-3-5-13-26/h3-25H,1-2H3. The first-order valence-corrected chi connectivity index (χ1v) is 14.8. The third kappa shape index (κ3) is 3.08. The molecule has 1 aliphatic carbocycles. The van der Waals surface area contributed by atoms with Gasteiger partial charge in [0.2, 0.25) is 0 Å². The molecule has 8 aromatic rings. The van der Waals surface area contributed by atoms with Gasteiger partial charge in [-0.2, -0.15) is 0 Å². The van der Waals surface area contributed by atoms with E-state index in [1.807, 2.05) is 0 Å². The average Bonchev–Trinajstić information content (AvgIpc) is 3.38. The molecule has 1 aromatic heterocycles. The molecule has 0 radical (unpaired) electrons. The predicted molar refractivity (Wildman–Crippen MR) is 179 cm³/mol. The highest BCUT2D eigenvalue weighted by Gasteiger charge is 2.35. The quantitative estimate of drug-likeness (QED) is 0.207. The van der Waals surface area contributed by atoms with Crippen molar-refractivity contribution in [3.8, 4) is 27.9 Å². The van der Waals surface area contributed by atoms with Crippen LogP contribution in [0.4, 0.5) is 0 Å². The lowest BCUT2D eigenvalue weighted by molar-refractivity contribution is 0.645. The summed E-state index contributed by atoms with van der Waals surface area (Å²) >= 11 is 0. The van der Waals surface area contributed by atoms with Crippen LogP contribution in [-0.4, -0.2) is 4.57 Å². The number of aromatic nitrogens is 1. The van der Waals surface area contributed by atoms with Crippen LogP contribution in [0.3, 0.4) is 0 Å². The Kier molecular flexibility index (Phi) is 4.73. The van der Waals surface area contributed by atoms with Gasteiger partial charge >= 0.3 is 0 Å². The van der Waals surface area contributed by atoms with E-state index in [0.29, 0.717) is 0 Å². The Balaban J connectivity index is 1.52. The minimum absolute atomic E-state index is 0.0775. The highest BCUT2D eigenvalue weighted by Crippen LogP contribution is 2.53. The molecule has 1 heterocycles. The molecule has 198 valence electrons. The van der Waals surface area contributed by atoms with Crippen LogP contribution in [0.5, 0.6) is 0 Å². The molecule has 9 rings (SSSR count). The highest BCUT2D eigenvalue weighted by molar-refractivity contribution is 6.28. The van der Waals surface area contributed by atoms with E-state index >= 15 is 0 Å². The smallest absolute Gasteiger partial charge is 0.0619 e. The molecule has 1 heteroatoms. The number of hydrogen-bond donors (Lipinski definition) is 0. The van der Waals surface area contributed by atoms with Gasteiger partial charge in [-0.05, 0) is 62.2 Å². The summed E-state index contributed by atoms with van der Waals surface area (Å²) in [7, 11) is 0. The third-order valence-electron chi connectivity index (χ3n) is 9.53. The van der Waals surface area contributed by atoms with Gasteiger partial charge in [0.1, 0.15) is 0 Å². The Bertz CT molecular complexity index is 2370. The molecule has 0 unspecified atom stereocenters. The normalized spacial score (nSPS) is 13.7. The topological polar surface area (TPSA) is 4.93 Å². The first-order chi connectivity index (χ1) is 20.6. The Morgan fingerprint density at radius 2 is 1.21 bits per heavy atom. The summed E-state index contributed by atoms with van der Waals surface area (Å²) < 4.78 is 2.52. The lowest BCUT2D eigenvalue weighted by atomic mass is 9.68. The molecular weight excluding hydrogens is 506 g/mol. The molecule has 0 N–H and O–H groups in total. The first kappa shape index (κ1) is 23.6. The summed E-state index contributed by atoms with van der Waals surface area (Å²) in [6, 6.07) is 51.5. The summed E-state index contributed by atoms with van der Waals surface area (Å²) in [4.78, 5) is 0. The molecule has 0 aliphatic heterocycles. The van der Waals surface area contributed by atoms with Crippen molar-refractivity contribution in [2.24, 2.45) is 0 Å². The van der Waals surface area contributed by atoms with Gasteiger partial charge in [0, 0.05) is 32.8 Å². The van der Waals surface area contributed by atoms with Gasteiger partial charge in [-0.25, -0.2) is 0 Å². The zero-order valence-corrected chi connectivity index (χ0v) is 23.7. The van der Waals surface area contributed by atoms with E-state index in [2.05, 4.69) is 158 Å². The molecule has 0 fully saturated rings. The van der Waals surface area contributed by atoms with Crippen molar-refractivity contribution >= 4 is 43.4 Å². The van der Waals surface area contributed by atoms with Crippen LogP contribution in [0.25, 0.3) is 71.3 Å². The van der Waals surface area contributed by atoms with Gasteiger partial charge < -0.3 is 4.57 Å².